The van der Waals surface area contributed by atoms with Crippen molar-refractivity contribution in [1.29, 1.82) is 0 Å². The van der Waals surface area contributed by atoms with E-state index < -0.39 is 27.9 Å². The number of ether oxygens (including phenoxy) is 1. The molecule has 4 nitrogen and oxygen atoms in total. The number of benzene rings is 2. The number of hydrogen-bond acceptors (Lipinski definition) is 3. The summed E-state index contributed by atoms with van der Waals surface area (Å²) in [7, 11) is 0. The topological polar surface area (TPSA) is 55.4 Å². The molecule has 158 valence electrons. The van der Waals surface area contributed by atoms with E-state index in [2.05, 4.69) is 5.32 Å². The van der Waals surface area contributed by atoms with E-state index in [0.717, 1.165) is 38.2 Å². The highest BCUT2D eigenvalue weighted by Crippen LogP contribution is 2.53. The molecule has 2 aromatic carbocycles. The average molecular weight is 454 g/mol. The van der Waals surface area contributed by atoms with Gasteiger partial charge in [0, 0.05) is 0 Å². The van der Waals surface area contributed by atoms with E-state index in [1.165, 1.54) is 6.07 Å². The molecule has 1 aliphatic heterocycles. The lowest BCUT2D eigenvalue weighted by molar-refractivity contribution is -0.132. The third-order valence-electron chi connectivity index (χ3n) is 6.04. The molecule has 1 aliphatic carbocycles. The number of carbonyl (C=O) groups excluding carboxylic acids is 2. The number of carbonyl (C=O) groups is 2. The lowest BCUT2D eigenvalue weighted by Crippen LogP contribution is -2.43. The van der Waals surface area contributed by atoms with E-state index in [4.69, 9.17) is 27.9 Å². The molecule has 2 aliphatic rings. The van der Waals surface area contributed by atoms with Gasteiger partial charge in [-0.25, -0.2) is 13.6 Å². The normalized spacial score (nSPS) is 21.4. The molecule has 0 radical (unpaired) electrons. The van der Waals surface area contributed by atoms with Crippen molar-refractivity contribution in [2.45, 2.75) is 42.4 Å². The van der Waals surface area contributed by atoms with Gasteiger partial charge in [-0.3, -0.25) is 4.79 Å². The molecule has 1 atom stereocenters. The van der Waals surface area contributed by atoms with Crippen molar-refractivity contribution in [3.05, 3.63) is 59.2 Å². The zero-order valence-corrected chi connectivity index (χ0v) is 17.4. The number of alkyl halides is 2. The molecule has 0 spiro atoms. The van der Waals surface area contributed by atoms with Crippen LogP contribution >= 0.6 is 23.2 Å². The second-order valence-corrected chi connectivity index (χ2v) is 8.72. The first-order chi connectivity index (χ1) is 14.4. The maximum atomic E-state index is 14.5. The fourth-order valence-electron chi connectivity index (χ4n) is 4.75. The van der Waals surface area contributed by atoms with Crippen LogP contribution in [-0.2, 0) is 15.0 Å². The number of hydrogen-bond donors (Lipinski definition) is 1. The van der Waals surface area contributed by atoms with E-state index in [1.807, 2.05) is 0 Å². The Bertz CT molecular complexity index is 991. The van der Waals surface area contributed by atoms with Gasteiger partial charge in [0.2, 0.25) is 10.7 Å². The Morgan fingerprint density at radius 3 is 2.37 bits per heavy atom. The second-order valence-electron chi connectivity index (χ2n) is 7.63. The number of nitrogens with one attached hydrogen (secondary N) is 1. The molecule has 1 amide bonds. The molecule has 1 saturated carbocycles. The number of anilines is 1. The van der Waals surface area contributed by atoms with E-state index in [-0.39, 0.29) is 23.3 Å². The summed E-state index contributed by atoms with van der Waals surface area (Å²) in [5.74, 6) is -3.10. The average Bonchev–Trinajstić information content (AvgIpc) is 3.05. The summed E-state index contributed by atoms with van der Waals surface area (Å²) in [6.45, 7) is 0. The molecule has 4 rings (SSSR count). The summed E-state index contributed by atoms with van der Waals surface area (Å²) in [6, 6.07) is 8.97. The van der Waals surface area contributed by atoms with Crippen molar-refractivity contribution in [3.8, 4) is 5.75 Å². The van der Waals surface area contributed by atoms with Crippen LogP contribution in [0.2, 0.25) is 0 Å². The SMILES string of the molecule is O=C(Oc1ccc(C2(C3CCCCC3)C(=O)Nc3c2ccc(F)c3F)cc1)C(Cl)Cl. The Morgan fingerprint density at radius 2 is 1.73 bits per heavy atom. The van der Waals surface area contributed by atoms with E-state index in [9.17, 15) is 18.4 Å². The fourth-order valence-corrected chi connectivity index (χ4v) is 4.83. The van der Waals surface area contributed by atoms with E-state index in [0.29, 0.717) is 11.1 Å². The van der Waals surface area contributed by atoms with Gasteiger partial charge >= 0.3 is 5.97 Å². The number of rotatable bonds is 4. The Hall–Kier alpha value is -2.18. The predicted molar refractivity (Wildman–Crippen MR) is 110 cm³/mol. The quantitative estimate of drug-likeness (QED) is 0.378. The molecule has 8 heteroatoms. The van der Waals surface area contributed by atoms with Crippen molar-refractivity contribution in [1.82, 2.24) is 0 Å². The van der Waals surface area contributed by atoms with E-state index in [1.54, 1.807) is 24.3 Å². The lowest BCUT2D eigenvalue weighted by atomic mass is 9.62. The molecule has 2 aromatic rings. The summed E-state index contributed by atoms with van der Waals surface area (Å²) in [5, 5.41) is 2.58. The predicted octanol–water partition coefficient (Wildman–Crippen LogP) is 5.49. The first kappa shape index (κ1) is 21.1. The largest absolute Gasteiger partial charge is 0.425 e. The summed E-state index contributed by atoms with van der Waals surface area (Å²) in [6.07, 6.45) is 4.58. The summed E-state index contributed by atoms with van der Waals surface area (Å²) >= 11 is 11.0. The highest BCUT2D eigenvalue weighted by Gasteiger charge is 2.54. The van der Waals surface area contributed by atoms with Crippen molar-refractivity contribution in [3.63, 3.8) is 0 Å². The molecule has 0 aromatic heterocycles. The second kappa shape index (κ2) is 8.16. The van der Waals surface area contributed by atoms with Crippen molar-refractivity contribution in [2.24, 2.45) is 5.92 Å². The third kappa shape index (κ3) is 3.36. The van der Waals surface area contributed by atoms with Gasteiger partial charge in [0.25, 0.3) is 0 Å². The molecule has 1 unspecified atom stereocenters. The van der Waals surface area contributed by atoms with Gasteiger partial charge in [0.15, 0.2) is 11.6 Å². The standard InChI is InChI=1S/C22H19Cl2F2NO3/c23-19(24)20(28)30-14-8-6-13(7-9-14)22(12-4-2-1-3-5-12)15-10-11-16(25)17(26)18(15)27-21(22)29/h6-12,19H,1-5H2,(H,27,29). The van der Waals surface area contributed by atoms with Crippen LogP contribution in [0.3, 0.4) is 0 Å². The number of amides is 1. The van der Waals surface area contributed by atoms with Gasteiger partial charge in [0.05, 0.1) is 5.69 Å². The first-order valence-electron chi connectivity index (χ1n) is 9.76. The van der Waals surface area contributed by atoms with Crippen LogP contribution in [0.4, 0.5) is 14.5 Å². The molecule has 1 fully saturated rings. The Morgan fingerprint density at radius 1 is 1.07 bits per heavy atom. The first-order valence-corrected chi connectivity index (χ1v) is 10.6. The molecular formula is C22H19Cl2F2NO3. The lowest BCUT2D eigenvalue weighted by Gasteiger charge is -2.39. The van der Waals surface area contributed by atoms with Crippen LogP contribution in [0.5, 0.6) is 5.75 Å². The third-order valence-corrected chi connectivity index (χ3v) is 6.40. The Balaban J connectivity index is 1.82. The van der Waals surface area contributed by atoms with Crippen molar-refractivity contribution >= 4 is 40.8 Å². The van der Waals surface area contributed by atoms with Crippen LogP contribution in [-0.4, -0.2) is 16.7 Å². The van der Waals surface area contributed by atoms with Crippen LogP contribution in [0.1, 0.15) is 43.2 Å². The van der Waals surface area contributed by atoms with Gasteiger partial charge in [0.1, 0.15) is 11.2 Å². The van der Waals surface area contributed by atoms with Crippen LogP contribution in [0.15, 0.2) is 36.4 Å². The molecular weight excluding hydrogens is 435 g/mol. The van der Waals surface area contributed by atoms with Gasteiger partial charge in [-0.1, -0.05) is 60.7 Å². The monoisotopic (exact) mass is 453 g/mol. The van der Waals surface area contributed by atoms with Crippen molar-refractivity contribution in [2.75, 3.05) is 5.32 Å². The summed E-state index contributed by atoms with van der Waals surface area (Å²) < 4.78 is 33.4. The van der Waals surface area contributed by atoms with Crippen LogP contribution < -0.4 is 10.1 Å². The van der Waals surface area contributed by atoms with Crippen LogP contribution in [0.25, 0.3) is 0 Å². The summed E-state index contributed by atoms with van der Waals surface area (Å²) in [5.41, 5.74) is -0.184. The van der Waals surface area contributed by atoms with Gasteiger partial charge in [-0.05, 0) is 48.1 Å². The minimum Gasteiger partial charge on any atom is -0.425 e. The minimum absolute atomic E-state index is 0.0687. The Labute approximate surface area is 182 Å². The highest BCUT2D eigenvalue weighted by molar-refractivity contribution is 6.53. The molecule has 0 bridgehead atoms. The number of fused-ring (bicyclic) bond motifs is 1. The molecule has 1 heterocycles. The molecule has 30 heavy (non-hydrogen) atoms. The number of halogens is 4. The fraction of sp³-hybridized carbons (Fsp3) is 0.364. The van der Waals surface area contributed by atoms with Gasteiger partial charge in [-0.15, -0.1) is 0 Å². The molecule has 0 saturated heterocycles. The van der Waals surface area contributed by atoms with Gasteiger partial charge < -0.3 is 10.1 Å². The van der Waals surface area contributed by atoms with Gasteiger partial charge in [-0.2, -0.15) is 0 Å². The Kier molecular flexibility index (Phi) is 5.73. The zero-order chi connectivity index (χ0) is 21.5. The molecule has 1 N–H and O–H groups in total. The maximum absolute atomic E-state index is 14.5. The van der Waals surface area contributed by atoms with E-state index >= 15 is 0 Å². The highest BCUT2D eigenvalue weighted by atomic mass is 35.5. The number of esters is 1. The smallest absolute Gasteiger partial charge is 0.344 e. The summed E-state index contributed by atoms with van der Waals surface area (Å²) in [4.78, 5) is 23.7. The minimum atomic E-state index is -1.32. The van der Waals surface area contributed by atoms with Crippen molar-refractivity contribution < 1.29 is 23.1 Å². The van der Waals surface area contributed by atoms with Crippen LogP contribution in [0, 0.1) is 17.6 Å². The zero-order valence-electron chi connectivity index (χ0n) is 15.9. The maximum Gasteiger partial charge on any atom is 0.344 e.